The van der Waals surface area contributed by atoms with Gasteiger partial charge in [0.15, 0.2) is 0 Å². The summed E-state index contributed by atoms with van der Waals surface area (Å²) < 4.78 is 21.1. The normalized spacial score (nSPS) is 17.3. The molecule has 31 heavy (non-hydrogen) atoms. The number of pyridine rings is 1. The van der Waals surface area contributed by atoms with Crippen LogP contribution in [-0.2, 0) is 4.74 Å². The molecule has 1 amide bonds. The second-order valence-corrected chi connectivity index (χ2v) is 8.91. The molecule has 0 aromatic carbocycles. The number of carbonyl (C=O) groups is 1. The first-order valence-electron chi connectivity index (χ1n) is 10.3. The van der Waals surface area contributed by atoms with E-state index in [2.05, 4.69) is 26.8 Å². The molecule has 1 saturated heterocycles. The van der Waals surface area contributed by atoms with Crippen molar-refractivity contribution in [1.82, 2.24) is 24.4 Å². The molecule has 3 aromatic rings. The Morgan fingerprint density at radius 1 is 1.23 bits per heavy atom. The van der Waals surface area contributed by atoms with E-state index in [9.17, 15) is 9.18 Å². The summed E-state index contributed by atoms with van der Waals surface area (Å²) in [6.45, 7) is 11.3. The van der Waals surface area contributed by atoms with Crippen molar-refractivity contribution in [3.8, 4) is 5.69 Å². The SMILES string of the molecule is Cc1cn(-c2cncc(F)c2)c2ncnc(N3CCN(C(=O)OC(C)(C)C)C[C@@H]3C)c12. The summed E-state index contributed by atoms with van der Waals surface area (Å²) in [5.74, 6) is 0.403. The number of amides is 1. The molecule has 0 N–H and O–H groups in total. The summed E-state index contributed by atoms with van der Waals surface area (Å²) in [6, 6.07) is 1.47. The molecule has 4 heterocycles. The van der Waals surface area contributed by atoms with E-state index in [0.717, 1.165) is 16.8 Å². The van der Waals surface area contributed by atoms with Gasteiger partial charge in [-0.3, -0.25) is 9.55 Å². The molecular weight excluding hydrogens is 399 g/mol. The van der Waals surface area contributed by atoms with Crippen LogP contribution in [-0.4, -0.2) is 61.8 Å². The Morgan fingerprint density at radius 3 is 2.68 bits per heavy atom. The van der Waals surface area contributed by atoms with Crippen molar-refractivity contribution in [3.05, 3.63) is 42.4 Å². The van der Waals surface area contributed by atoms with Crippen LogP contribution in [0.25, 0.3) is 16.7 Å². The molecule has 1 aliphatic heterocycles. The number of piperazine rings is 1. The van der Waals surface area contributed by atoms with Gasteiger partial charge in [0.05, 0.1) is 23.5 Å². The second-order valence-electron chi connectivity index (χ2n) is 8.91. The maximum Gasteiger partial charge on any atom is 0.410 e. The lowest BCUT2D eigenvalue weighted by atomic mass is 10.1. The summed E-state index contributed by atoms with van der Waals surface area (Å²) >= 11 is 0. The molecule has 0 unspecified atom stereocenters. The standard InChI is InChI=1S/C22H27FN6O2/c1-14-11-29(17-8-16(23)9-24-10-17)20-18(14)19(25-13-26-20)28-7-6-27(12-15(28)2)21(30)31-22(3,4)5/h8-11,13,15H,6-7,12H2,1-5H3/t15-/m0/s1. The van der Waals surface area contributed by atoms with Gasteiger partial charge in [-0.15, -0.1) is 0 Å². The molecule has 4 rings (SSSR count). The molecule has 164 valence electrons. The van der Waals surface area contributed by atoms with E-state index in [1.54, 1.807) is 11.1 Å². The van der Waals surface area contributed by atoms with E-state index < -0.39 is 11.4 Å². The van der Waals surface area contributed by atoms with Gasteiger partial charge in [-0.25, -0.2) is 19.2 Å². The highest BCUT2D eigenvalue weighted by atomic mass is 19.1. The third-order valence-electron chi connectivity index (χ3n) is 5.27. The van der Waals surface area contributed by atoms with Crippen LogP contribution in [0, 0.1) is 12.7 Å². The highest BCUT2D eigenvalue weighted by Crippen LogP contribution is 2.32. The minimum absolute atomic E-state index is 0.0398. The third kappa shape index (κ3) is 4.17. The smallest absolute Gasteiger partial charge is 0.410 e. The summed E-state index contributed by atoms with van der Waals surface area (Å²) in [5.41, 5.74) is 1.75. The second kappa shape index (κ2) is 7.79. The lowest BCUT2D eigenvalue weighted by Gasteiger charge is -2.41. The summed E-state index contributed by atoms with van der Waals surface area (Å²) in [7, 11) is 0. The van der Waals surface area contributed by atoms with Crippen molar-refractivity contribution in [2.24, 2.45) is 0 Å². The van der Waals surface area contributed by atoms with Crippen LogP contribution in [0.1, 0.15) is 33.3 Å². The lowest BCUT2D eigenvalue weighted by molar-refractivity contribution is 0.0218. The predicted octanol–water partition coefficient (Wildman–Crippen LogP) is 3.71. The first-order valence-corrected chi connectivity index (χ1v) is 10.3. The Morgan fingerprint density at radius 2 is 2.00 bits per heavy atom. The monoisotopic (exact) mass is 426 g/mol. The molecule has 3 aromatic heterocycles. The van der Waals surface area contributed by atoms with Crippen molar-refractivity contribution < 1.29 is 13.9 Å². The topological polar surface area (TPSA) is 76.4 Å². The molecule has 1 aliphatic rings. The van der Waals surface area contributed by atoms with Gasteiger partial charge < -0.3 is 14.5 Å². The number of halogens is 1. The zero-order valence-electron chi connectivity index (χ0n) is 18.5. The van der Waals surface area contributed by atoms with Crippen molar-refractivity contribution >= 4 is 22.9 Å². The number of fused-ring (bicyclic) bond motifs is 1. The first kappa shape index (κ1) is 21.0. The highest BCUT2D eigenvalue weighted by molar-refractivity contribution is 5.92. The lowest BCUT2D eigenvalue weighted by Crippen LogP contribution is -2.54. The van der Waals surface area contributed by atoms with Gasteiger partial charge in [0.2, 0.25) is 0 Å². The molecule has 0 aliphatic carbocycles. The van der Waals surface area contributed by atoms with Gasteiger partial charge in [-0.2, -0.15) is 0 Å². The van der Waals surface area contributed by atoms with Crippen LogP contribution in [0.15, 0.2) is 31.0 Å². The van der Waals surface area contributed by atoms with E-state index in [4.69, 9.17) is 4.74 Å². The van der Waals surface area contributed by atoms with Crippen LogP contribution in [0.5, 0.6) is 0 Å². The maximum absolute atomic E-state index is 13.7. The van der Waals surface area contributed by atoms with Crippen LogP contribution in [0.4, 0.5) is 15.0 Å². The van der Waals surface area contributed by atoms with Crippen molar-refractivity contribution in [2.75, 3.05) is 24.5 Å². The summed E-state index contributed by atoms with van der Waals surface area (Å²) in [5, 5.41) is 0.907. The van der Waals surface area contributed by atoms with Gasteiger partial charge in [0, 0.05) is 37.9 Å². The number of carbonyl (C=O) groups excluding carboxylic acids is 1. The Bertz CT molecular complexity index is 1120. The Kier molecular flexibility index (Phi) is 5.28. The van der Waals surface area contributed by atoms with Gasteiger partial charge in [0.1, 0.15) is 29.2 Å². The third-order valence-corrected chi connectivity index (χ3v) is 5.27. The first-order chi connectivity index (χ1) is 14.6. The quantitative estimate of drug-likeness (QED) is 0.622. The average Bonchev–Trinajstić information content (AvgIpc) is 3.04. The maximum atomic E-state index is 13.7. The molecule has 1 fully saturated rings. The van der Waals surface area contributed by atoms with Gasteiger partial charge in [-0.1, -0.05) is 0 Å². The largest absolute Gasteiger partial charge is 0.444 e. The van der Waals surface area contributed by atoms with E-state index in [-0.39, 0.29) is 12.1 Å². The number of hydrogen-bond acceptors (Lipinski definition) is 6. The molecule has 9 heteroatoms. The molecule has 1 atom stereocenters. The predicted molar refractivity (Wildman–Crippen MR) is 116 cm³/mol. The van der Waals surface area contributed by atoms with Crippen molar-refractivity contribution in [3.63, 3.8) is 0 Å². The minimum atomic E-state index is -0.526. The number of hydrogen-bond donors (Lipinski definition) is 0. The molecule has 8 nitrogen and oxygen atoms in total. The molecular formula is C22H27FN6O2. The zero-order valence-corrected chi connectivity index (χ0v) is 18.5. The van der Waals surface area contributed by atoms with Crippen LogP contribution in [0.2, 0.25) is 0 Å². The fraction of sp³-hybridized carbons (Fsp3) is 0.455. The van der Waals surface area contributed by atoms with E-state index in [1.807, 2.05) is 38.5 Å². The minimum Gasteiger partial charge on any atom is -0.444 e. The highest BCUT2D eigenvalue weighted by Gasteiger charge is 2.31. The number of anilines is 1. The van der Waals surface area contributed by atoms with Crippen LogP contribution < -0.4 is 4.90 Å². The molecule has 0 radical (unpaired) electrons. The number of rotatable bonds is 2. The Labute approximate surface area is 180 Å². The average molecular weight is 426 g/mol. The number of aryl methyl sites for hydroxylation is 1. The molecule has 0 spiro atoms. The van der Waals surface area contributed by atoms with Gasteiger partial charge in [-0.05, 0) is 40.2 Å². The Hall–Kier alpha value is -3.23. The van der Waals surface area contributed by atoms with Gasteiger partial charge in [0.25, 0.3) is 0 Å². The van der Waals surface area contributed by atoms with E-state index >= 15 is 0 Å². The molecule has 0 saturated carbocycles. The summed E-state index contributed by atoms with van der Waals surface area (Å²) in [4.78, 5) is 29.4. The van der Waals surface area contributed by atoms with Crippen LogP contribution >= 0.6 is 0 Å². The zero-order chi connectivity index (χ0) is 22.3. The van der Waals surface area contributed by atoms with Crippen molar-refractivity contribution in [2.45, 2.75) is 46.3 Å². The molecule has 0 bridgehead atoms. The number of nitrogens with zero attached hydrogens (tertiary/aromatic N) is 6. The fourth-order valence-corrected chi connectivity index (χ4v) is 3.93. The van der Waals surface area contributed by atoms with Crippen molar-refractivity contribution in [1.29, 1.82) is 0 Å². The number of aromatic nitrogens is 4. The summed E-state index contributed by atoms with van der Waals surface area (Å²) in [6.07, 6.45) is 5.92. The van der Waals surface area contributed by atoms with Gasteiger partial charge >= 0.3 is 6.09 Å². The van der Waals surface area contributed by atoms with E-state index in [0.29, 0.717) is 31.0 Å². The van der Waals surface area contributed by atoms with Crippen LogP contribution in [0.3, 0.4) is 0 Å². The number of ether oxygens (including phenoxy) is 1. The fourth-order valence-electron chi connectivity index (χ4n) is 3.93. The Balaban J connectivity index is 1.64. The van der Waals surface area contributed by atoms with E-state index in [1.165, 1.54) is 18.6 Å².